The second-order valence-electron chi connectivity index (χ2n) is 9.51. The van der Waals surface area contributed by atoms with Gasteiger partial charge in [-0.3, -0.25) is 4.68 Å². The second-order valence-corrected chi connectivity index (χ2v) is 9.51. The first kappa shape index (κ1) is 23.2. The molecule has 0 bridgehead atoms. The molecule has 12 heteroatoms. The summed E-state index contributed by atoms with van der Waals surface area (Å²) in [5.41, 5.74) is 6.76. The molecule has 1 aliphatic rings. The third-order valence-corrected chi connectivity index (χ3v) is 6.63. The van der Waals surface area contributed by atoms with E-state index in [1.54, 1.807) is 17.8 Å². The molecule has 35 heavy (non-hydrogen) atoms. The topological polar surface area (TPSA) is 140 Å². The van der Waals surface area contributed by atoms with Gasteiger partial charge in [0, 0.05) is 36.2 Å². The van der Waals surface area contributed by atoms with E-state index >= 15 is 0 Å². The molecule has 0 radical (unpaired) electrons. The molecule has 0 aliphatic carbocycles. The van der Waals surface area contributed by atoms with Crippen LogP contribution in [0.1, 0.15) is 38.4 Å². The van der Waals surface area contributed by atoms with E-state index < -0.39 is 11.4 Å². The summed E-state index contributed by atoms with van der Waals surface area (Å²) in [5, 5.41) is 29.0. The minimum atomic E-state index is -1.25. The van der Waals surface area contributed by atoms with Crippen molar-refractivity contribution in [2.24, 2.45) is 0 Å². The lowest BCUT2D eigenvalue weighted by Crippen LogP contribution is -2.41. The molecule has 0 unspecified atom stereocenters. The fourth-order valence-electron chi connectivity index (χ4n) is 4.64. The van der Waals surface area contributed by atoms with Crippen LogP contribution in [0.3, 0.4) is 0 Å². The normalized spacial score (nSPS) is 20.5. The molecule has 4 aromatic rings. The third kappa shape index (κ3) is 4.23. The number of nitrogen functional groups attached to an aromatic ring is 1. The Kier molecular flexibility index (Phi) is 5.72. The summed E-state index contributed by atoms with van der Waals surface area (Å²) in [6.07, 6.45) is 5.43. The summed E-state index contributed by atoms with van der Waals surface area (Å²) in [4.78, 5) is 11.4. The summed E-state index contributed by atoms with van der Waals surface area (Å²) in [6.45, 7) is 4.21. The Morgan fingerprint density at radius 1 is 1.29 bits per heavy atom. The van der Waals surface area contributed by atoms with Crippen LogP contribution in [-0.4, -0.2) is 71.5 Å². The van der Waals surface area contributed by atoms with Crippen LogP contribution >= 0.6 is 0 Å². The fourth-order valence-corrected chi connectivity index (χ4v) is 4.64. The second kappa shape index (κ2) is 8.61. The molecule has 3 atom stereocenters. The Hall–Kier alpha value is -3.51. The Balaban J connectivity index is 1.46. The van der Waals surface area contributed by atoms with Gasteiger partial charge in [0.2, 0.25) is 5.95 Å². The lowest BCUT2D eigenvalue weighted by Gasteiger charge is -2.37. The highest BCUT2D eigenvalue weighted by molar-refractivity contribution is 5.93. The average Bonchev–Trinajstić information content (AvgIpc) is 3.47. The average molecular weight is 485 g/mol. The van der Waals surface area contributed by atoms with E-state index in [4.69, 9.17) is 15.5 Å². The molecular weight excluding hydrogens is 455 g/mol. The quantitative estimate of drug-likeness (QED) is 0.373. The molecule has 1 aromatic carbocycles. The number of nitrogens with two attached hydrogens (primary N) is 1. The van der Waals surface area contributed by atoms with Crippen molar-refractivity contribution in [3.63, 3.8) is 0 Å². The Bertz CT molecular complexity index is 1380. The van der Waals surface area contributed by atoms with Gasteiger partial charge in [-0.2, -0.15) is 9.61 Å². The summed E-state index contributed by atoms with van der Waals surface area (Å²) in [6, 6.07) is 3.12. The van der Waals surface area contributed by atoms with E-state index in [1.165, 1.54) is 23.8 Å². The molecule has 1 saturated heterocycles. The molecule has 3 aromatic heterocycles. The molecule has 0 saturated carbocycles. The fraction of sp³-hybridized carbons (Fsp3) is 0.478. The zero-order valence-corrected chi connectivity index (χ0v) is 19.9. The number of nitrogens with zero attached hydrogens (tertiary/aromatic N) is 7. The van der Waals surface area contributed by atoms with Gasteiger partial charge in [-0.05, 0) is 32.8 Å². The van der Waals surface area contributed by atoms with Gasteiger partial charge in [-0.1, -0.05) is 0 Å². The Morgan fingerprint density at radius 2 is 2.09 bits per heavy atom. The zero-order chi connectivity index (χ0) is 24.9. The molecule has 0 spiro atoms. The lowest BCUT2D eigenvalue weighted by atomic mass is 9.92. The maximum atomic E-state index is 14.4. The van der Waals surface area contributed by atoms with Crippen LogP contribution in [-0.2, 0) is 6.54 Å². The van der Waals surface area contributed by atoms with Crippen molar-refractivity contribution in [3.8, 4) is 5.75 Å². The number of aliphatic hydroxyl groups is 2. The third-order valence-electron chi connectivity index (χ3n) is 6.63. The van der Waals surface area contributed by atoms with Crippen molar-refractivity contribution in [1.29, 1.82) is 0 Å². The number of benzene rings is 1. The summed E-state index contributed by atoms with van der Waals surface area (Å²) in [7, 11) is 1.40. The van der Waals surface area contributed by atoms with Crippen molar-refractivity contribution in [1.82, 2.24) is 29.4 Å². The number of hydrogen-bond donors (Lipinski definition) is 3. The summed E-state index contributed by atoms with van der Waals surface area (Å²) in [5.74, 6) is 0.389. The first-order chi connectivity index (χ1) is 16.7. The molecule has 0 amide bonds. The van der Waals surface area contributed by atoms with Gasteiger partial charge in [0.1, 0.15) is 5.60 Å². The van der Waals surface area contributed by atoms with Crippen molar-refractivity contribution in [2.45, 2.75) is 50.8 Å². The van der Waals surface area contributed by atoms with E-state index in [-0.39, 0.29) is 36.8 Å². The number of anilines is 2. The van der Waals surface area contributed by atoms with E-state index in [1.807, 2.05) is 6.20 Å². The van der Waals surface area contributed by atoms with E-state index in [0.717, 1.165) is 18.5 Å². The number of aromatic nitrogens is 6. The van der Waals surface area contributed by atoms with Gasteiger partial charge < -0.3 is 25.6 Å². The number of ether oxygens (including phenoxy) is 1. The van der Waals surface area contributed by atoms with Crippen molar-refractivity contribution in [3.05, 3.63) is 36.2 Å². The monoisotopic (exact) mass is 484 g/mol. The molecule has 4 heterocycles. The standard InChI is InChI=1S/C23H29FN8O3/c1-13-4-5-14(9-31(13)15-8-26-30(10-15)11-23(2,34)12-33)20-28-21-16-6-17(24)19(35-3)7-18(16)27-22(25)32(21)29-20/h6-8,10,13-14,33-34H,4-5,9,11-12H2,1-3H3,(H2,25,27)/t13-,14+,23+/m1/s1. The number of aliphatic hydroxyl groups excluding tert-OH is 1. The lowest BCUT2D eigenvalue weighted by molar-refractivity contribution is -0.0145. The highest BCUT2D eigenvalue weighted by Crippen LogP contribution is 2.34. The number of methoxy groups -OCH3 is 1. The number of hydrogen-bond acceptors (Lipinski definition) is 9. The van der Waals surface area contributed by atoms with Gasteiger partial charge in [-0.15, -0.1) is 5.10 Å². The van der Waals surface area contributed by atoms with Crippen LogP contribution in [0.15, 0.2) is 24.5 Å². The van der Waals surface area contributed by atoms with Crippen molar-refractivity contribution in [2.75, 3.05) is 30.9 Å². The van der Waals surface area contributed by atoms with Gasteiger partial charge in [0.25, 0.3) is 0 Å². The Morgan fingerprint density at radius 3 is 2.83 bits per heavy atom. The van der Waals surface area contributed by atoms with Crippen LogP contribution in [0.2, 0.25) is 0 Å². The summed E-state index contributed by atoms with van der Waals surface area (Å²) >= 11 is 0. The van der Waals surface area contributed by atoms with Crippen molar-refractivity contribution >= 4 is 28.2 Å². The van der Waals surface area contributed by atoms with Crippen molar-refractivity contribution < 1.29 is 19.3 Å². The largest absolute Gasteiger partial charge is 0.494 e. The van der Waals surface area contributed by atoms with Crippen LogP contribution in [0.25, 0.3) is 16.6 Å². The number of halogens is 1. The molecule has 1 aliphatic heterocycles. The van der Waals surface area contributed by atoms with Crippen LogP contribution < -0.4 is 15.4 Å². The maximum Gasteiger partial charge on any atom is 0.223 e. The minimum absolute atomic E-state index is 0.0209. The minimum Gasteiger partial charge on any atom is -0.494 e. The van der Waals surface area contributed by atoms with E-state index in [2.05, 4.69) is 27.0 Å². The first-order valence-electron chi connectivity index (χ1n) is 11.5. The van der Waals surface area contributed by atoms with Gasteiger partial charge >= 0.3 is 0 Å². The predicted octanol–water partition coefficient (Wildman–Crippen LogP) is 1.72. The molecule has 4 N–H and O–H groups in total. The zero-order valence-electron chi connectivity index (χ0n) is 19.9. The number of fused-ring (bicyclic) bond motifs is 3. The molecular formula is C23H29FN8O3. The number of piperidine rings is 1. The Labute approximate surface area is 200 Å². The van der Waals surface area contributed by atoms with E-state index in [9.17, 15) is 14.6 Å². The molecule has 186 valence electrons. The first-order valence-corrected chi connectivity index (χ1v) is 11.5. The highest BCUT2D eigenvalue weighted by Gasteiger charge is 2.31. The van der Waals surface area contributed by atoms with Gasteiger partial charge in [0.05, 0.1) is 37.7 Å². The van der Waals surface area contributed by atoms with Crippen LogP contribution in [0.4, 0.5) is 16.0 Å². The maximum absolute atomic E-state index is 14.4. The van der Waals surface area contributed by atoms with Crippen LogP contribution in [0.5, 0.6) is 5.75 Å². The highest BCUT2D eigenvalue weighted by atomic mass is 19.1. The molecule has 11 nitrogen and oxygen atoms in total. The van der Waals surface area contributed by atoms with Gasteiger partial charge in [0.15, 0.2) is 23.0 Å². The van der Waals surface area contributed by atoms with Crippen LogP contribution in [0, 0.1) is 5.82 Å². The molecule has 1 fully saturated rings. The SMILES string of the molecule is COc1cc2nc(N)n3nc([C@H]4CC[C@@H](C)N(c5cnn(C[C@](C)(O)CO)c5)C4)nc3c2cc1F. The smallest absolute Gasteiger partial charge is 0.223 e. The van der Waals surface area contributed by atoms with E-state index in [0.29, 0.717) is 28.9 Å². The summed E-state index contributed by atoms with van der Waals surface area (Å²) < 4.78 is 22.6. The number of rotatable bonds is 6. The van der Waals surface area contributed by atoms with Gasteiger partial charge in [-0.25, -0.2) is 14.4 Å². The molecule has 5 rings (SSSR count). The predicted molar refractivity (Wildman–Crippen MR) is 128 cm³/mol.